The molecule has 1 aliphatic rings. The number of hydrogen-bond acceptors (Lipinski definition) is 3. The van der Waals surface area contributed by atoms with Gasteiger partial charge >= 0.3 is 6.03 Å². The van der Waals surface area contributed by atoms with Crippen LogP contribution < -0.4 is 5.32 Å². The van der Waals surface area contributed by atoms with Gasteiger partial charge in [-0.1, -0.05) is 20.8 Å². The Kier molecular flexibility index (Phi) is 5.41. The fourth-order valence-electron chi connectivity index (χ4n) is 1.68. The summed E-state index contributed by atoms with van der Waals surface area (Å²) in [4.78, 5) is 13.9. The van der Waals surface area contributed by atoms with Crippen LogP contribution in [0, 0.1) is 5.41 Å². The Morgan fingerprint density at radius 1 is 1.56 bits per heavy atom. The molecule has 0 aliphatic carbocycles. The minimum Gasteiger partial charge on any atom is -0.382 e. The van der Waals surface area contributed by atoms with Crippen molar-refractivity contribution in [1.29, 1.82) is 0 Å². The lowest BCUT2D eigenvalue weighted by molar-refractivity contribution is -0.0498. The molecule has 5 nitrogen and oxygen atoms in total. The molecule has 2 atom stereocenters. The van der Waals surface area contributed by atoms with Crippen molar-refractivity contribution >= 4 is 6.03 Å². The van der Waals surface area contributed by atoms with Crippen molar-refractivity contribution in [3.05, 3.63) is 0 Å². The average Bonchev–Trinajstić information content (AvgIpc) is 2.28. The predicted molar refractivity (Wildman–Crippen MR) is 70.6 cm³/mol. The number of carbonyl (C=O) groups excluding carboxylic acids is 1. The average molecular weight is 258 g/mol. The van der Waals surface area contributed by atoms with Gasteiger partial charge in [0.15, 0.2) is 0 Å². The van der Waals surface area contributed by atoms with Gasteiger partial charge in [-0.05, 0) is 12.3 Å². The van der Waals surface area contributed by atoms with Crippen molar-refractivity contribution in [2.24, 2.45) is 5.41 Å². The minimum absolute atomic E-state index is 0.0122. The summed E-state index contributed by atoms with van der Waals surface area (Å²) in [5.74, 6) is 0. The van der Waals surface area contributed by atoms with Crippen LogP contribution in [0.1, 0.15) is 27.7 Å². The first kappa shape index (κ1) is 15.2. The van der Waals surface area contributed by atoms with E-state index in [4.69, 9.17) is 9.47 Å². The van der Waals surface area contributed by atoms with Crippen LogP contribution in [0.15, 0.2) is 0 Å². The smallest absolute Gasteiger partial charge is 0.317 e. The van der Waals surface area contributed by atoms with Gasteiger partial charge in [0.2, 0.25) is 0 Å². The van der Waals surface area contributed by atoms with Crippen LogP contribution in [0.2, 0.25) is 0 Å². The van der Waals surface area contributed by atoms with Crippen LogP contribution in [0.4, 0.5) is 4.79 Å². The van der Waals surface area contributed by atoms with E-state index in [0.29, 0.717) is 26.3 Å². The van der Waals surface area contributed by atoms with Crippen molar-refractivity contribution in [3.8, 4) is 0 Å². The molecule has 2 unspecified atom stereocenters. The zero-order valence-corrected chi connectivity index (χ0v) is 12.2. The third-order valence-electron chi connectivity index (χ3n) is 3.42. The highest BCUT2D eigenvalue weighted by atomic mass is 16.5. The van der Waals surface area contributed by atoms with Gasteiger partial charge in [0.25, 0.3) is 0 Å². The largest absolute Gasteiger partial charge is 0.382 e. The second kappa shape index (κ2) is 6.38. The Balaban J connectivity index is 2.46. The molecule has 106 valence electrons. The summed E-state index contributed by atoms with van der Waals surface area (Å²) in [5, 5.41) is 3.04. The summed E-state index contributed by atoms with van der Waals surface area (Å²) < 4.78 is 10.6. The lowest BCUT2D eigenvalue weighted by atomic mass is 9.88. The maximum atomic E-state index is 12.1. The van der Waals surface area contributed by atoms with E-state index < -0.39 is 0 Å². The van der Waals surface area contributed by atoms with E-state index in [9.17, 15) is 4.79 Å². The van der Waals surface area contributed by atoms with E-state index in [0.717, 1.165) is 0 Å². The number of carbonyl (C=O) groups is 1. The van der Waals surface area contributed by atoms with Crippen molar-refractivity contribution in [2.45, 2.75) is 39.8 Å². The summed E-state index contributed by atoms with van der Waals surface area (Å²) >= 11 is 0. The quantitative estimate of drug-likeness (QED) is 0.834. The highest BCUT2D eigenvalue weighted by molar-refractivity contribution is 5.74. The zero-order valence-electron chi connectivity index (χ0n) is 12.2. The van der Waals surface area contributed by atoms with E-state index in [1.807, 2.05) is 6.92 Å². The standard InChI is InChI=1S/C13H26N2O3/c1-10(13(2,3)4)14-12(16)15-6-7-18-11(8-15)9-17-5/h10-11H,6-9H2,1-5H3,(H,14,16). The van der Waals surface area contributed by atoms with E-state index in [2.05, 4.69) is 26.1 Å². The molecule has 1 saturated heterocycles. The van der Waals surface area contributed by atoms with Gasteiger partial charge in [0.1, 0.15) is 0 Å². The molecular weight excluding hydrogens is 232 g/mol. The van der Waals surface area contributed by atoms with Crippen LogP contribution in [-0.2, 0) is 9.47 Å². The first-order valence-corrected chi connectivity index (χ1v) is 6.50. The molecule has 0 saturated carbocycles. The van der Waals surface area contributed by atoms with Crippen LogP contribution in [-0.4, -0.2) is 56.5 Å². The number of ether oxygens (including phenoxy) is 2. The van der Waals surface area contributed by atoms with E-state index in [1.54, 1.807) is 12.0 Å². The van der Waals surface area contributed by atoms with Crippen molar-refractivity contribution in [1.82, 2.24) is 10.2 Å². The van der Waals surface area contributed by atoms with Crippen LogP contribution in [0.5, 0.6) is 0 Å². The third kappa shape index (κ3) is 4.46. The Morgan fingerprint density at radius 2 is 2.22 bits per heavy atom. The number of hydrogen-bond donors (Lipinski definition) is 1. The number of urea groups is 1. The number of nitrogens with zero attached hydrogens (tertiary/aromatic N) is 1. The molecular formula is C13H26N2O3. The van der Waals surface area contributed by atoms with Crippen LogP contribution in [0.25, 0.3) is 0 Å². The molecule has 1 rings (SSSR count). The Hall–Kier alpha value is -0.810. The zero-order chi connectivity index (χ0) is 13.8. The van der Waals surface area contributed by atoms with Gasteiger partial charge in [-0.25, -0.2) is 4.79 Å². The summed E-state index contributed by atoms with van der Waals surface area (Å²) in [5.41, 5.74) is 0.0634. The van der Waals surface area contributed by atoms with Crippen LogP contribution >= 0.6 is 0 Å². The van der Waals surface area contributed by atoms with Gasteiger partial charge in [-0.15, -0.1) is 0 Å². The van der Waals surface area contributed by atoms with Crippen molar-refractivity contribution in [3.63, 3.8) is 0 Å². The summed E-state index contributed by atoms with van der Waals surface area (Å²) in [6, 6.07) is 0.121. The second-order valence-corrected chi connectivity index (χ2v) is 5.93. The second-order valence-electron chi connectivity index (χ2n) is 5.93. The summed E-state index contributed by atoms with van der Waals surface area (Å²) in [6.07, 6.45) is -0.0144. The number of methoxy groups -OCH3 is 1. The Bertz CT molecular complexity index is 274. The summed E-state index contributed by atoms with van der Waals surface area (Å²) in [6.45, 7) is 10.7. The van der Waals surface area contributed by atoms with Crippen LogP contribution in [0.3, 0.4) is 0 Å². The van der Waals surface area contributed by atoms with E-state index in [1.165, 1.54) is 0 Å². The molecule has 0 spiro atoms. The monoisotopic (exact) mass is 258 g/mol. The molecule has 1 aliphatic heterocycles. The molecule has 0 aromatic heterocycles. The molecule has 0 aromatic carbocycles. The molecule has 18 heavy (non-hydrogen) atoms. The van der Waals surface area contributed by atoms with Gasteiger partial charge in [0.05, 0.1) is 25.9 Å². The number of nitrogens with one attached hydrogen (secondary N) is 1. The Labute approximate surface area is 110 Å². The molecule has 5 heteroatoms. The molecule has 0 radical (unpaired) electrons. The fraction of sp³-hybridized carbons (Fsp3) is 0.923. The topological polar surface area (TPSA) is 50.8 Å². The maximum Gasteiger partial charge on any atom is 0.317 e. The number of rotatable bonds is 3. The first-order valence-electron chi connectivity index (χ1n) is 6.50. The Morgan fingerprint density at radius 3 is 2.78 bits per heavy atom. The SMILES string of the molecule is COCC1CN(C(=O)NC(C)C(C)(C)C)CCO1. The lowest BCUT2D eigenvalue weighted by Gasteiger charge is -2.35. The van der Waals surface area contributed by atoms with Gasteiger partial charge in [0, 0.05) is 19.7 Å². The highest BCUT2D eigenvalue weighted by Crippen LogP contribution is 2.19. The molecule has 0 bridgehead atoms. The fourth-order valence-corrected chi connectivity index (χ4v) is 1.68. The molecule has 2 amide bonds. The normalized spacial score (nSPS) is 22.7. The lowest BCUT2D eigenvalue weighted by Crippen LogP contribution is -2.54. The summed E-state index contributed by atoms with van der Waals surface area (Å²) in [7, 11) is 1.64. The van der Waals surface area contributed by atoms with Crippen molar-refractivity contribution < 1.29 is 14.3 Å². The van der Waals surface area contributed by atoms with E-state index >= 15 is 0 Å². The molecule has 1 N–H and O–H groups in total. The minimum atomic E-state index is -0.0144. The molecule has 0 aromatic rings. The highest BCUT2D eigenvalue weighted by Gasteiger charge is 2.27. The maximum absolute atomic E-state index is 12.1. The van der Waals surface area contributed by atoms with Crippen molar-refractivity contribution in [2.75, 3.05) is 33.4 Å². The van der Waals surface area contributed by atoms with Gasteiger partial charge < -0.3 is 19.7 Å². The third-order valence-corrected chi connectivity index (χ3v) is 3.42. The van der Waals surface area contributed by atoms with Gasteiger partial charge in [-0.2, -0.15) is 0 Å². The number of amides is 2. The molecule has 1 fully saturated rings. The number of morpholine rings is 1. The van der Waals surface area contributed by atoms with Gasteiger partial charge in [-0.3, -0.25) is 0 Å². The predicted octanol–water partition coefficient (Wildman–Crippen LogP) is 1.48. The first-order chi connectivity index (χ1) is 8.34. The van der Waals surface area contributed by atoms with E-state index in [-0.39, 0.29) is 23.6 Å². The molecule has 1 heterocycles.